The van der Waals surface area contributed by atoms with Crippen LogP contribution in [0.2, 0.25) is 0 Å². The zero-order chi connectivity index (χ0) is 46.7. The number of carbonyl (C=O) groups excluding carboxylic acids is 6. The first-order valence-corrected chi connectivity index (χ1v) is 24.3. The standard InChI is InChI=1S/C46H63O17P.Na/c1-41-19-31(51)39-27(29(41)11-13-45(41,57)33(53)21-47)7-5-23-15-25(49)17-35(43(23,39)3)61-37(55)9-10-38(56)63-64(59,60)62-36-18-26(50)16-24-6-8-28-30-12-14-46(58,34(54)22-48)42(30,2)20-32(52)40(28)44(24,36)4;/h15-16,27-32,35-36,39-40,47-48,51-52,57-58H,5-14,17-22H2,1-4H3,(H,59,60);/q;+1/p-1/t27-,28-,29-,30-,31-,32-,35?,36?,39+,40+,41-,42-,43+,44+,45-,46-;/m0./s1. The van der Waals surface area contributed by atoms with E-state index in [9.17, 15) is 68.9 Å². The SMILES string of the molecule is C[C@]12C[C@H](O)[C@H]3[C@@H](CCC4=CC(=O)CC(OC(=O)CCC(=O)OP(=O)([O-])OC5CC(=O)C=C6CC[C@@H]7[C@H]([C@@H](O)C[C@@]8(C)[C@H]7CC[C@]8(O)C(=O)CO)[C@]65C)[C@@]43C)[C@@H]1CC[C@]2(O)C(=O)CO.[Na+]. The van der Waals surface area contributed by atoms with Crippen LogP contribution in [0.1, 0.15) is 118 Å². The fourth-order valence-electron chi connectivity index (χ4n) is 15.7. The van der Waals surface area contributed by atoms with E-state index in [-0.39, 0.29) is 91.1 Å². The van der Waals surface area contributed by atoms with E-state index in [0.29, 0.717) is 49.7 Å². The van der Waals surface area contributed by atoms with Crippen LogP contribution in [0.5, 0.6) is 0 Å². The third-order valence-corrected chi connectivity index (χ3v) is 19.7. The van der Waals surface area contributed by atoms with Crippen LogP contribution in [-0.4, -0.2) is 115 Å². The van der Waals surface area contributed by atoms with Crippen LogP contribution in [0.15, 0.2) is 23.3 Å². The Morgan fingerprint density at radius 1 is 0.708 bits per heavy atom. The summed E-state index contributed by atoms with van der Waals surface area (Å²) in [6, 6.07) is 0. The van der Waals surface area contributed by atoms with Crippen molar-refractivity contribution in [1.29, 1.82) is 0 Å². The molecule has 0 spiro atoms. The van der Waals surface area contributed by atoms with Crippen molar-refractivity contribution in [3.63, 3.8) is 0 Å². The summed E-state index contributed by atoms with van der Waals surface area (Å²) in [4.78, 5) is 91.8. The average Bonchev–Trinajstić information content (AvgIpc) is 3.65. The number of aliphatic hydroxyl groups is 6. The van der Waals surface area contributed by atoms with Crippen molar-refractivity contribution in [3.05, 3.63) is 23.3 Å². The van der Waals surface area contributed by atoms with Gasteiger partial charge in [0, 0.05) is 40.4 Å². The van der Waals surface area contributed by atoms with Crippen LogP contribution in [0.3, 0.4) is 0 Å². The molecule has 19 heteroatoms. The van der Waals surface area contributed by atoms with E-state index in [1.165, 1.54) is 12.2 Å². The Hall–Kier alpha value is -1.99. The van der Waals surface area contributed by atoms with E-state index in [2.05, 4.69) is 0 Å². The quantitative estimate of drug-likeness (QED) is 0.0813. The number of carbonyl (C=O) groups is 6. The number of hydrogen-bond donors (Lipinski definition) is 6. The van der Waals surface area contributed by atoms with Gasteiger partial charge in [-0.25, -0.2) is 0 Å². The second kappa shape index (κ2) is 17.4. The van der Waals surface area contributed by atoms with Gasteiger partial charge in [0.25, 0.3) is 0 Å². The molecule has 6 saturated carbocycles. The van der Waals surface area contributed by atoms with Crippen molar-refractivity contribution in [2.24, 2.45) is 57.2 Å². The molecular formula is C46H62NaO17P. The second-order valence-corrected chi connectivity index (χ2v) is 22.5. The van der Waals surface area contributed by atoms with Gasteiger partial charge in [0.1, 0.15) is 30.5 Å². The molecule has 0 aromatic heterocycles. The number of Topliss-reactive ketones (excluding diaryl/α,β-unsaturated/α-hetero) is 2. The second-order valence-electron chi connectivity index (χ2n) is 21.2. The monoisotopic (exact) mass is 940 g/mol. The van der Waals surface area contributed by atoms with E-state index in [0.717, 1.165) is 0 Å². The molecule has 8 aliphatic carbocycles. The topological polar surface area (TPSA) is 292 Å². The summed E-state index contributed by atoms with van der Waals surface area (Å²) in [6.07, 6.45) is -0.819. The first-order chi connectivity index (χ1) is 29.8. The third kappa shape index (κ3) is 7.64. The number of esters is 1. The van der Waals surface area contributed by atoms with E-state index < -0.39 is 139 Å². The van der Waals surface area contributed by atoms with Crippen molar-refractivity contribution in [1.82, 2.24) is 0 Å². The van der Waals surface area contributed by atoms with Gasteiger partial charge in [-0.3, -0.25) is 33.3 Å². The maximum atomic E-state index is 13.5. The third-order valence-electron chi connectivity index (χ3n) is 18.7. The molecule has 6 N–H and O–H groups in total. The molecule has 0 amide bonds. The molecule has 0 aromatic carbocycles. The number of aliphatic hydroxyl groups excluding tert-OH is 4. The number of rotatable bonds is 11. The molecule has 6 fully saturated rings. The Morgan fingerprint density at radius 3 is 1.57 bits per heavy atom. The number of fused-ring (bicyclic) bond motifs is 10. The maximum absolute atomic E-state index is 13.5. The zero-order valence-corrected chi connectivity index (χ0v) is 40.8. The predicted octanol–water partition coefficient (Wildman–Crippen LogP) is -1.11. The molecular weight excluding hydrogens is 878 g/mol. The molecule has 0 aromatic rings. The van der Waals surface area contributed by atoms with Crippen LogP contribution in [0.25, 0.3) is 0 Å². The Bertz CT molecular complexity index is 2140. The van der Waals surface area contributed by atoms with E-state index in [1.807, 2.05) is 6.92 Å². The molecule has 0 saturated heterocycles. The first kappa shape index (κ1) is 50.9. The van der Waals surface area contributed by atoms with Crippen LogP contribution >= 0.6 is 7.82 Å². The Morgan fingerprint density at radius 2 is 1.12 bits per heavy atom. The minimum Gasteiger partial charge on any atom is -0.746 e. The van der Waals surface area contributed by atoms with Gasteiger partial charge in [0.2, 0.25) is 0 Å². The summed E-state index contributed by atoms with van der Waals surface area (Å²) in [6.45, 7) is 5.34. The summed E-state index contributed by atoms with van der Waals surface area (Å²) < 4.78 is 29.9. The van der Waals surface area contributed by atoms with Crippen LogP contribution in [0, 0.1) is 57.2 Å². The summed E-state index contributed by atoms with van der Waals surface area (Å²) >= 11 is 0. The fraction of sp³-hybridized carbons (Fsp3) is 0.783. The summed E-state index contributed by atoms with van der Waals surface area (Å²) in [5, 5.41) is 66.3. The molecule has 8 aliphatic rings. The van der Waals surface area contributed by atoms with Crippen molar-refractivity contribution >= 4 is 42.9 Å². The molecule has 354 valence electrons. The van der Waals surface area contributed by atoms with Crippen molar-refractivity contribution in [3.8, 4) is 0 Å². The Kier molecular flexibility index (Phi) is 13.7. The molecule has 17 nitrogen and oxygen atoms in total. The van der Waals surface area contributed by atoms with E-state index >= 15 is 0 Å². The molecule has 0 heterocycles. The summed E-state index contributed by atoms with van der Waals surface area (Å²) in [5.74, 6) is -6.65. The van der Waals surface area contributed by atoms with Gasteiger partial charge in [-0.05, 0) is 106 Å². The molecule has 0 bridgehead atoms. The summed E-state index contributed by atoms with van der Waals surface area (Å²) in [7, 11) is -5.54. The molecule has 65 heavy (non-hydrogen) atoms. The van der Waals surface area contributed by atoms with Gasteiger partial charge >= 0.3 is 49.3 Å². The normalized spacial score (nSPS) is 46.0. The largest absolute Gasteiger partial charge is 1.00 e. The van der Waals surface area contributed by atoms with Gasteiger partial charge < -0.3 is 49.3 Å². The number of phosphoric acid groups is 1. The van der Waals surface area contributed by atoms with Crippen LogP contribution in [0.4, 0.5) is 0 Å². The number of phosphoric ester groups is 1. The molecule has 0 radical (unpaired) electrons. The molecule has 8 rings (SSSR count). The van der Waals surface area contributed by atoms with Gasteiger partial charge in [-0.15, -0.1) is 0 Å². The Labute approximate surface area is 400 Å². The van der Waals surface area contributed by atoms with Gasteiger partial charge in [0.15, 0.2) is 23.1 Å². The Balaban J connectivity index is 0.00000630. The smallest absolute Gasteiger partial charge is 0.746 e. The minimum atomic E-state index is -5.54. The maximum Gasteiger partial charge on any atom is 1.00 e. The fourth-order valence-corrected chi connectivity index (χ4v) is 16.7. The number of ketones is 4. The molecule has 17 atom stereocenters. The van der Waals surface area contributed by atoms with Gasteiger partial charge in [0.05, 0.1) is 31.2 Å². The van der Waals surface area contributed by atoms with E-state index in [4.69, 9.17) is 13.8 Å². The number of ether oxygens (including phenoxy) is 1. The molecule has 0 aliphatic heterocycles. The van der Waals surface area contributed by atoms with Crippen molar-refractivity contribution < 1.29 is 112 Å². The molecule has 3 unspecified atom stereocenters. The average molecular weight is 941 g/mol. The van der Waals surface area contributed by atoms with Gasteiger partial charge in [-0.1, -0.05) is 38.8 Å². The van der Waals surface area contributed by atoms with E-state index in [1.54, 1.807) is 20.8 Å². The van der Waals surface area contributed by atoms with Crippen LogP contribution in [-0.2, 0) is 47.1 Å². The first-order valence-electron chi connectivity index (χ1n) is 22.8. The van der Waals surface area contributed by atoms with Crippen molar-refractivity contribution in [2.45, 2.75) is 153 Å². The van der Waals surface area contributed by atoms with Gasteiger partial charge in [-0.2, -0.15) is 0 Å². The van der Waals surface area contributed by atoms with Crippen molar-refractivity contribution in [2.75, 3.05) is 13.2 Å². The summed E-state index contributed by atoms with van der Waals surface area (Å²) in [5.41, 5.74) is -6.80. The number of hydrogen-bond acceptors (Lipinski definition) is 17. The predicted molar refractivity (Wildman–Crippen MR) is 219 cm³/mol. The zero-order valence-electron chi connectivity index (χ0n) is 37.9. The minimum absolute atomic E-state index is 0. The van der Waals surface area contributed by atoms with Crippen LogP contribution < -0.4 is 34.5 Å².